The molecule has 98 valence electrons. The molecule has 0 aromatic carbocycles. The predicted molar refractivity (Wildman–Crippen MR) is 62.7 cm³/mol. The van der Waals surface area contributed by atoms with Gasteiger partial charge in [0, 0.05) is 17.9 Å². The van der Waals surface area contributed by atoms with Crippen LogP contribution in [-0.2, 0) is 11.2 Å². The molecule has 1 unspecified atom stereocenters. The lowest BCUT2D eigenvalue weighted by Gasteiger charge is -2.08. The Morgan fingerprint density at radius 2 is 2.12 bits per heavy atom. The smallest absolute Gasteiger partial charge is 0.261 e. The monoisotopic (exact) mass is 265 g/mol. The van der Waals surface area contributed by atoms with Crippen molar-refractivity contribution in [3.8, 4) is 0 Å². The topological polar surface area (TPSA) is 42.4 Å². The molecule has 17 heavy (non-hydrogen) atoms. The number of aryl methyl sites for hydroxylation is 2. The number of hydrogen-bond acceptors (Lipinski definition) is 4. The van der Waals surface area contributed by atoms with Gasteiger partial charge in [0.15, 0.2) is 0 Å². The van der Waals surface area contributed by atoms with Crippen LogP contribution in [0.1, 0.15) is 22.0 Å². The summed E-state index contributed by atoms with van der Waals surface area (Å²) in [5.41, 5.74) is 0.978. The highest BCUT2D eigenvalue weighted by Crippen LogP contribution is 2.18. The molecule has 1 N–H and O–H groups in total. The molecule has 0 spiro atoms. The molecule has 0 aliphatic rings. The fourth-order valence-electron chi connectivity index (χ4n) is 1.32. The van der Waals surface area contributed by atoms with Crippen molar-refractivity contribution in [2.75, 3.05) is 13.2 Å². The van der Waals surface area contributed by atoms with Crippen molar-refractivity contribution in [1.29, 1.82) is 0 Å². The number of ether oxygens (including phenoxy) is 1. The number of aromatic nitrogens is 1. The first-order valence-electron chi connectivity index (χ1n) is 5.46. The van der Waals surface area contributed by atoms with Crippen molar-refractivity contribution in [3.63, 3.8) is 0 Å². The van der Waals surface area contributed by atoms with E-state index in [4.69, 9.17) is 4.74 Å². The van der Waals surface area contributed by atoms with E-state index in [0.29, 0.717) is 12.8 Å². The minimum absolute atomic E-state index is 0.148. The maximum atomic E-state index is 11.8. The molecule has 0 saturated heterocycles. The maximum absolute atomic E-state index is 11.8. The molecule has 0 bridgehead atoms. The first-order valence-corrected chi connectivity index (χ1v) is 6.27. The van der Waals surface area contributed by atoms with Gasteiger partial charge in [0.1, 0.15) is 6.61 Å². The number of hydrogen-bond donors (Lipinski definition) is 1. The molecule has 1 aromatic heterocycles. The highest BCUT2D eigenvalue weighted by atomic mass is 32.1. The number of aliphatic hydroxyl groups is 1. The zero-order valence-electron chi connectivity index (χ0n) is 9.95. The Morgan fingerprint density at radius 1 is 1.41 bits per heavy atom. The lowest BCUT2D eigenvalue weighted by Crippen LogP contribution is -2.15. The summed E-state index contributed by atoms with van der Waals surface area (Å²) in [5, 5.41) is 10.5. The van der Waals surface area contributed by atoms with E-state index in [0.717, 1.165) is 15.6 Å². The summed E-state index contributed by atoms with van der Waals surface area (Å²) < 4.78 is 28.2. The lowest BCUT2D eigenvalue weighted by molar-refractivity contribution is 0.00512. The number of nitrogens with zero attached hydrogens (tertiary/aromatic N) is 1. The summed E-state index contributed by atoms with van der Waals surface area (Å²) in [7, 11) is 0. The largest absolute Gasteiger partial charge is 0.393 e. The quantitative estimate of drug-likeness (QED) is 0.769. The first kappa shape index (κ1) is 14.5. The van der Waals surface area contributed by atoms with Gasteiger partial charge in [-0.1, -0.05) is 0 Å². The minimum atomic E-state index is -2.45. The fraction of sp³-hybridized carbons (Fsp3) is 0.727. The number of thiazole rings is 1. The predicted octanol–water partition coefficient (Wildman–Crippen LogP) is 2.34. The van der Waals surface area contributed by atoms with Gasteiger partial charge in [-0.3, -0.25) is 0 Å². The van der Waals surface area contributed by atoms with Crippen molar-refractivity contribution < 1.29 is 18.6 Å². The van der Waals surface area contributed by atoms with E-state index in [-0.39, 0.29) is 6.61 Å². The van der Waals surface area contributed by atoms with Gasteiger partial charge in [-0.05, 0) is 20.3 Å². The Hall–Kier alpha value is -0.590. The number of rotatable bonds is 7. The normalized spacial score (nSPS) is 13.3. The van der Waals surface area contributed by atoms with Gasteiger partial charge in [0.25, 0.3) is 6.43 Å². The molecule has 0 fully saturated rings. The molecule has 0 aliphatic carbocycles. The van der Waals surface area contributed by atoms with Crippen LogP contribution in [0, 0.1) is 13.8 Å². The Bertz CT molecular complexity index is 325. The van der Waals surface area contributed by atoms with E-state index in [1.54, 1.807) is 11.3 Å². The Balaban J connectivity index is 2.22. The third-order valence-corrected chi connectivity index (χ3v) is 3.42. The standard InChI is InChI=1S/C11H17F2NO2S/c1-7-8(2)17-11(14-7)5-9(15)3-4-16-6-10(12)13/h9-10,15H,3-6H2,1-2H3. The molecule has 6 heteroatoms. The molecule has 1 aromatic rings. The molecule has 1 heterocycles. The van der Waals surface area contributed by atoms with Crippen molar-refractivity contribution >= 4 is 11.3 Å². The number of halogens is 2. The third kappa shape index (κ3) is 5.52. The van der Waals surface area contributed by atoms with E-state index >= 15 is 0 Å². The molecule has 0 radical (unpaired) electrons. The van der Waals surface area contributed by atoms with Crippen LogP contribution in [0.25, 0.3) is 0 Å². The van der Waals surface area contributed by atoms with Crippen molar-refractivity contribution in [1.82, 2.24) is 4.98 Å². The summed E-state index contributed by atoms with van der Waals surface area (Å²) >= 11 is 1.55. The second-order valence-electron chi connectivity index (χ2n) is 3.86. The van der Waals surface area contributed by atoms with Gasteiger partial charge in [-0.2, -0.15) is 0 Å². The minimum Gasteiger partial charge on any atom is -0.393 e. The lowest BCUT2D eigenvalue weighted by atomic mass is 10.2. The summed E-state index contributed by atoms with van der Waals surface area (Å²) in [5.74, 6) is 0. The van der Waals surface area contributed by atoms with Gasteiger partial charge >= 0.3 is 0 Å². The average Bonchev–Trinajstić information content (AvgIpc) is 2.52. The van der Waals surface area contributed by atoms with Crippen LogP contribution in [0.3, 0.4) is 0 Å². The zero-order chi connectivity index (χ0) is 12.8. The van der Waals surface area contributed by atoms with Crippen LogP contribution in [0.2, 0.25) is 0 Å². The summed E-state index contributed by atoms with van der Waals surface area (Å²) in [6.45, 7) is 3.49. The Morgan fingerprint density at radius 3 is 2.65 bits per heavy atom. The fourth-order valence-corrected chi connectivity index (χ4v) is 2.33. The second kappa shape index (κ2) is 6.98. The highest BCUT2D eigenvalue weighted by Gasteiger charge is 2.11. The van der Waals surface area contributed by atoms with Crippen LogP contribution in [0.4, 0.5) is 8.78 Å². The van der Waals surface area contributed by atoms with Gasteiger partial charge in [-0.25, -0.2) is 13.8 Å². The Kier molecular flexibility index (Phi) is 5.94. The summed E-state index contributed by atoms with van der Waals surface area (Å²) in [6, 6.07) is 0. The van der Waals surface area contributed by atoms with E-state index in [9.17, 15) is 13.9 Å². The second-order valence-corrected chi connectivity index (χ2v) is 5.15. The average molecular weight is 265 g/mol. The molecule has 3 nitrogen and oxygen atoms in total. The number of alkyl halides is 2. The SMILES string of the molecule is Cc1nc(CC(O)CCOCC(F)F)sc1C. The van der Waals surface area contributed by atoms with E-state index in [1.807, 2.05) is 13.8 Å². The molecule has 0 amide bonds. The van der Waals surface area contributed by atoms with E-state index < -0.39 is 19.1 Å². The van der Waals surface area contributed by atoms with Gasteiger partial charge in [0.2, 0.25) is 0 Å². The van der Waals surface area contributed by atoms with Crippen LogP contribution in [-0.4, -0.2) is 35.8 Å². The zero-order valence-corrected chi connectivity index (χ0v) is 10.8. The van der Waals surface area contributed by atoms with Crippen molar-refractivity contribution in [2.24, 2.45) is 0 Å². The molecule has 1 rings (SSSR count). The van der Waals surface area contributed by atoms with Gasteiger partial charge in [0.05, 0.1) is 16.8 Å². The van der Waals surface area contributed by atoms with Crippen LogP contribution < -0.4 is 0 Å². The van der Waals surface area contributed by atoms with E-state index in [2.05, 4.69) is 4.98 Å². The molecule has 0 aliphatic heterocycles. The summed E-state index contributed by atoms with van der Waals surface area (Å²) in [6.07, 6.45) is -2.23. The van der Waals surface area contributed by atoms with Gasteiger partial charge in [-0.15, -0.1) is 11.3 Å². The molecule has 1 atom stereocenters. The van der Waals surface area contributed by atoms with Crippen LogP contribution in [0.15, 0.2) is 0 Å². The molecular weight excluding hydrogens is 248 g/mol. The van der Waals surface area contributed by atoms with Crippen LogP contribution in [0.5, 0.6) is 0 Å². The van der Waals surface area contributed by atoms with Crippen molar-refractivity contribution in [2.45, 2.75) is 39.2 Å². The highest BCUT2D eigenvalue weighted by molar-refractivity contribution is 7.11. The van der Waals surface area contributed by atoms with Crippen molar-refractivity contribution in [3.05, 3.63) is 15.6 Å². The molecular formula is C11H17F2NO2S. The number of aliphatic hydroxyl groups excluding tert-OH is 1. The third-order valence-electron chi connectivity index (χ3n) is 2.32. The molecule has 0 saturated carbocycles. The maximum Gasteiger partial charge on any atom is 0.261 e. The Labute approximate surface area is 103 Å². The summed E-state index contributed by atoms with van der Waals surface area (Å²) in [4.78, 5) is 5.44. The van der Waals surface area contributed by atoms with Gasteiger partial charge < -0.3 is 9.84 Å². The van der Waals surface area contributed by atoms with E-state index in [1.165, 1.54) is 0 Å². The first-order chi connectivity index (χ1) is 7.99. The van der Waals surface area contributed by atoms with Crippen LogP contribution >= 0.6 is 11.3 Å².